The van der Waals surface area contributed by atoms with Gasteiger partial charge in [-0.05, 0) is 75.1 Å². The molecule has 0 bridgehead atoms. The van der Waals surface area contributed by atoms with Crippen LogP contribution in [-0.2, 0) is 23.9 Å². The van der Waals surface area contributed by atoms with E-state index in [1.807, 2.05) is 37.3 Å². The molecule has 0 saturated heterocycles. The van der Waals surface area contributed by atoms with Crippen LogP contribution in [0.15, 0.2) is 65.5 Å². The van der Waals surface area contributed by atoms with E-state index in [0.717, 1.165) is 22.3 Å². The molecule has 4 rings (SSSR count). The summed E-state index contributed by atoms with van der Waals surface area (Å²) in [5.74, 6) is -1.10. The number of ether oxygens (including phenoxy) is 2. The zero-order valence-electron chi connectivity index (χ0n) is 27.2. The van der Waals surface area contributed by atoms with Gasteiger partial charge in [0, 0.05) is 37.1 Å². The van der Waals surface area contributed by atoms with E-state index in [4.69, 9.17) is 13.9 Å². The SMILES string of the molecule is COC(=O)C[C@H](CC(=O)CNC(=O)CCCN(C(=O)OC(C)(C)C)c1cc(C)ccn1)c1ccc(-c2ccc(O)c3ncoc23)cc1. The van der Waals surface area contributed by atoms with Crippen molar-refractivity contribution in [2.24, 2.45) is 0 Å². The first kappa shape index (κ1) is 34.6. The predicted molar refractivity (Wildman–Crippen MR) is 175 cm³/mol. The maximum Gasteiger partial charge on any atom is 0.416 e. The van der Waals surface area contributed by atoms with Crippen LogP contribution < -0.4 is 10.2 Å². The minimum absolute atomic E-state index is 0.00569. The van der Waals surface area contributed by atoms with Crippen LogP contribution in [0.2, 0.25) is 0 Å². The van der Waals surface area contributed by atoms with Gasteiger partial charge in [-0.2, -0.15) is 0 Å². The Bertz CT molecular complexity index is 1730. The van der Waals surface area contributed by atoms with Crippen LogP contribution >= 0.6 is 0 Å². The standard InChI is InChI=1S/C35H40N4O8/c1-22-14-15-36-29(17-22)39(34(44)47-35(2,3)4)16-6-7-30(42)37-20-26(40)18-25(19-31(43)45-5)23-8-10-24(11-9-23)27-12-13-28(41)32-33(27)46-21-38-32/h8-15,17,21,25,41H,6-7,16,18-20H2,1-5H3,(H,37,42)/t25-/m0/s1. The summed E-state index contributed by atoms with van der Waals surface area (Å²) in [6.45, 7) is 7.19. The molecule has 0 spiro atoms. The molecule has 0 saturated carbocycles. The smallest absolute Gasteiger partial charge is 0.416 e. The summed E-state index contributed by atoms with van der Waals surface area (Å²) < 4.78 is 15.9. The highest BCUT2D eigenvalue weighted by Gasteiger charge is 2.25. The molecule has 2 amide bonds. The number of phenolic OH excluding ortho intramolecular Hbond substituents is 1. The van der Waals surface area contributed by atoms with E-state index in [-0.39, 0.29) is 49.8 Å². The summed E-state index contributed by atoms with van der Waals surface area (Å²) in [6, 6.07) is 14.2. The van der Waals surface area contributed by atoms with Gasteiger partial charge in [0.1, 0.15) is 17.2 Å². The Balaban J connectivity index is 1.34. The number of pyridine rings is 1. The minimum Gasteiger partial charge on any atom is -0.506 e. The number of benzene rings is 2. The molecule has 0 fully saturated rings. The zero-order valence-corrected chi connectivity index (χ0v) is 27.2. The maximum absolute atomic E-state index is 13.0. The molecule has 0 aliphatic heterocycles. The molecule has 0 aliphatic rings. The van der Waals surface area contributed by atoms with Crippen molar-refractivity contribution < 1.29 is 38.2 Å². The van der Waals surface area contributed by atoms with Gasteiger partial charge in [0.2, 0.25) is 5.91 Å². The summed E-state index contributed by atoms with van der Waals surface area (Å²) in [6.07, 6.45) is 2.67. The van der Waals surface area contributed by atoms with E-state index < -0.39 is 23.6 Å². The van der Waals surface area contributed by atoms with Crippen molar-refractivity contribution in [2.45, 2.75) is 64.9 Å². The Morgan fingerprint density at radius 1 is 1.02 bits per heavy atom. The van der Waals surface area contributed by atoms with Gasteiger partial charge in [-0.3, -0.25) is 19.3 Å². The Labute approximate surface area is 273 Å². The van der Waals surface area contributed by atoms with Crippen molar-refractivity contribution >= 4 is 40.7 Å². The summed E-state index contributed by atoms with van der Waals surface area (Å²) >= 11 is 0. The van der Waals surface area contributed by atoms with Crippen LogP contribution in [0.4, 0.5) is 10.6 Å². The molecular weight excluding hydrogens is 604 g/mol. The molecule has 248 valence electrons. The number of nitrogens with zero attached hydrogens (tertiary/aromatic N) is 3. The number of hydrogen-bond donors (Lipinski definition) is 2. The Hall–Kier alpha value is -5.26. The zero-order chi connectivity index (χ0) is 34.1. The molecule has 12 heteroatoms. The lowest BCUT2D eigenvalue weighted by Gasteiger charge is -2.27. The molecule has 0 radical (unpaired) electrons. The fraction of sp³-hybridized carbons (Fsp3) is 0.371. The fourth-order valence-electron chi connectivity index (χ4n) is 5.01. The first-order chi connectivity index (χ1) is 22.3. The fourth-order valence-corrected chi connectivity index (χ4v) is 5.01. The molecule has 1 atom stereocenters. The third kappa shape index (κ3) is 9.62. The number of rotatable bonds is 13. The lowest BCUT2D eigenvalue weighted by atomic mass is 9.89. The van der Waals surface area contributed by atoms with Crippen LogP contribution in [0.5, 0.6) is 5.75 Å². The first-order valence-corrected chi connectivity index (χ1v) is 15.3. The van der Waals surface area contributed by atoms with Gasteiger partial charge >= 0.3 is 12.1 Å². The van der Waals surface area contributed by atoms with Gasteiger partial charge < -0.3 is 24.3 Å². The molecule has 0 aliphatic carbocycles. The van der Waals surface area contributed by atoms with Crippen LogP contribution in [0.25, 0.3) is 22.2 Å². The number of methoxy groups -OCH3 is 1. The highest BCUT2D eigenvalue weighted by atomic mass is 16.6. The van der Waals surface area contributed by atoms with Crippen molar-refractivity contribution in [3.05, 3.63) is 72.2 Å². The molecule has 47 heavy (non-hydrogen) atoms. The normalized spacial score (nSPS) is 11.9. The number of nitrogens with one attached hydrogen (secondary N) is 1. The minimum atomic E-state index is -0.707. The number of carbonyl (C=O) groups is 4. The molecule has 2 aromatic heterocycles. The second-order valence-corrected chi connectivity index (χ2v) is 12.2. The molecule has 2 heterocycles. The second-order valence-electron chi connectivity index (χ2n) is 12.2. The van der Waals surface area contributed by atoms with Crippen molar-refractivity contribution in [3.63, 3.8) is 0 Å². The molecule has 4 aromatic rings. The summed E-state index contributed by atoms with van der Waals surface area (Å²) in [7, 11) is 1.29. The number of aromatic nitrogens is 2. The number of anilines is 1. The first-order valence-electron chi connectivity index (χ1n) is 15.3. The van der Waals surface area contributed by atoms with Crippen molar-refractivity contribution in [3.8, 4) is 16.9 Å². The highest BCUT2D eigenvalue weighted by Crippen LogP contribution is 2.34. The van der Waals surface area contributed by atoms with Crippen molar-refractivity contribution in [1.29, 1.82) is 0 Å². The highest BCUT2D eigenvalue weighted by molar-refractivity contribution is 5.93. The third-order valence-corrected chi connectivity index (χ3v) is 7.33. The van der Waals surface area contributed by atoms with Crippen LogP contribution in [0.1, 0.15) is 63.5 Å². The van der Waals surface area contributed by atoms with Gasteiger partial charge in [0.05, 0.1) is 20.1 Å². The quantitative estimate of drug-likeness (QED) is 0.169. The largest absolute Gasteiger partial charge is 0.506 e. The summed E-state index contributed by atoms with van der Waals surface area (Å²) in [5.41, 5.74) is 3.29. The van der Waals surface area contributed by atoms with Crippen molar-refractivity contribution in [1.82, 2.24) is 15.3 Å². The Morgan fingerprint density at radius 2 is 1.77 bits per heavy atom. The molecule has 12 nitrogen and oxygen atoms in total. The number of esters is 1. The molecule has 2 aromatic carbocycles. The number of ketones is 1. The van der Waals surface area contributed by atoms with Gasteiger partial charge in [0.25, 0.3) is 0 Å². The number of amides is 2. The number of aryl methyl sites for hydroxylation is 1. The second kappa shape index (κ2) is 15.4. The van der Waals surface area contributed by atoms with Gasteiger partial charge in [-0.1, -0.05) is 24.3 Å². The van der Waals surface area contributed by atoms with E-state index in [1.165, 1.54) is 18.4 Å². The van der Waals surface area contributed by atoms with Gasteiger partial charge in [-0.15, -0.1) is 0 Å². The molecule has 2 N–H and O–H groups in total. The number of Topliss-reactive ketones (excluding diaryl/α,β-unsaturated/α-hetero) is 1. The number of carbonyl (C=O) groups excluding carboxylic acids is 4. The van der Waals surface area contributed by atoms with E-state index >= 15 is 0 Å². The topological polar surface area (TPSA) is 161 Å². The number of oxazole rings is 1. The maximum atomic E-state index is 13.0. The number of hydrogen-bond acceptors (Lipinski definition) is 10. The average Bonchev–Trinajstić information content (AvgIpc) is 3.52. The van der Waals surface area contributed by atoms with E-state index in [0.29, 0.717) is 23.3 Å². The average molecular weight is 645 g/mol. The van der Waals surface area contributed by atoms with Crippen molar-refractivity contribution in [2.75, 3.05) is 25.1 Å². The summed E-state index contributed by atoms with van der Waals surface area (Å²) in [5, 5.41) is 12.7. The summed E-state index contributed by atoms with van der Waals surface area (Å²) in [4.78, 5) is 60.5. The van der Waals surface area contributed by atoms with E-state index in [9.17, 15) is 24.3 Å². The molecule has 0 unspecified atom stereocenters. The van der Waals surface area contributed by atoms with Gasteiger partial charge in [0.15, 0.2) is 23.3 Å². The Kier molecular flexibility index (Phi) is 11.3. The van der Waals surface area contributed by atoms with Crippen LogP contribution in [0.3, 0.4) is 0 Å². The van der Waals surface area contributed by atoms with Crippen LogP contribution in [0, 0.1) is 6.92 Å². The number of fused-ring (bicyclic) bond motifs is 1. The van der Waals surface area contributed by atoms with E-state index in [1.54, 1.807) is 45.2 Å². The lowest BCUT2D eigenvalue weighted by Crippen LogP contribution is -2.38. The number of aromatic hydroxyl groups is 1. The predicted octanol–water partition coefficient (Wildman–Crippen LogP) is 5.85. The monoisotopic (exact) mass is 644 g/mol. The lowest BCUT2D eigenvalue weighted by molar-refractivity contribution is -0.141. The van der Waals surface area contributed by atoms with E-state index in [2.05, 4.69) is 15.3 Å². The van der Waals surface area contributed by atoms with Crippen LogP contribution in [-0.4, -0.2) is 64.6 Å². The number of phenols is 1. The molecular formula is C35H40N4O8. The third-order valence-electron chi connectivity index (χ3n) is 7.33. The van der Waals surface area contributed by atoms with Gasteiger partial charge in [-0.25, -0.2) is 14.8 Å². The Morgan fingerprint density at radius 3 is 2.45 bits per heavy atom.